The molecule has 2 unspecified atom stereocenters. The third-order valence-electron chi connectivity index (χ3n) is 4.52. The molecule has 1 aromatic rings. The van der Waals surface area contributed by atoms with E-state index in [1.807, 2.05) is 11.3 Å². The van der Waals surface area contributed by atoms with Gasteiger partial charge in [0, 0.05) is 30.1 Å². The van der Waals surface area contributed by atoms with Crippen molar-refractivity contribution in [2.24, 2.45) is 5.92 Å². The highest BCUT2D eigenvalue weighted by atomic mass is 32.1. The standard InChI is InChI=1S/C15H25N3S/c1-10-15(19-12(3)17-10)11(2)18-8-4-7-16-14(9-18)13-5-6-13/h11,13-14,16H,4-9H2,1-3H3. The molecule has 1 aromatic heterocycles. The van der Waals surface area contributed by atoms with Crippen LogP contribution < -0.4 is 5.32 Å². The number of thiazole rings is 1. The molecule has 2 fully saturated rings. The second kappa shape index (κ2) is 5.51. The lowest BCUT2D eigenvalue weighted by atomic mass is 10.1. The third-order valence-corrected chi connectivity index (χ3v) is 5.76. The van der Waals surface area contributed by atoms with E-state index in [1.165, 1.54) is 54.5 Å². The monoisotopic (exact) mass is 279 g/mol. The summed E-state index contributed by atoms with van der Waals surface area (Å²) >= 11 is 1.87. The molecule has 2 atom stereocenters. The lowest BCUT2D eigenvalue weighted by Crippen LogP contribution is -2.40. The number of aryl methyl sites for hydroxylation is 2. The van der Waals surface area contributed by atoms with Crippen LogP contribution in [0, 0.1) is 19.8 Å². The first-order valence-electron chi connectivity index (χ1n) is 7.56. The van der Waals surface area contributed by atoms with Crippen LogP contribution in [-0.2, 0) is 0 Å². The van der Waals surface area contributed by atoms with Gasteiger partial charge in [-0.15, -0.1) is 11.3 Å². The van der Waals surface area contributed by atoms with E-state index in [0.717, 1.165) is 12.0 Å². The van der Waals surface area contributed by atoms with E-state index >= 15 is 0 Å². The van der Waals surface area contributed by atoms with E-state index in [9.17, 15) is 0 Å². The van der Waals surface area contributed by atoms with Crippen molar-refractivity contribution in [2.45, 2.75) is 52.1 Å². The maximum Gasteiger partial charge on any atom is 0.0900 e. The number of hydrogen-bond donors (Lipinski definition) is 1. The van der Waals surface area contributed by atoms with Crippen LogP contribution >= 0.6 is 11.3 Å². The first kappa shape index (κ1) is 13.5. The molecule has 1 aliphatic heterocycles. The predicted octanol–water partition coefficient (Wildman–Crippen LogP) is 2.89. The van der Waals surface area contributed by atoms with Gasteiger partial charge in [0.05, 0.1) is 10.7 Å². The molecule has 0 amide bonds. The Morgan fingerprint density at radius 1 is 1.37 bits per heavy atom. The van der Waals surface area contributed by atoms with Gasteiger partial charge in [0.25, 0.3) is 0 Å². The average Bonchev–Trinajstić information content (AvgIpc) is 3.16. The number of nitrogens with one attached hydrogen (secondary N) is 1. The van der Waals surface area contributed by atoms with Crippen molar-refractivity contribution in [1.29, 1.82) is 0 Å². The zero-order valence-corrected chi connectivity index (χ0v) is 13.1. The summed E-state index contributed by atoms with van der Waals surface area (Å²) in [5.41, 5.74) is 1.23. The minimum absolute atomic E-state index is 0.521. The molecule has 4 heteroatoms. The van der Waals surface area contributed by atoms with Crippen LogP contribution in [0.3, 0.4) is 0 Å². The van der Waals surface area contributed by atoms with E-state index in [0.29, 0.717) is 6.04 Å². The quantitative estimate of drug-likeness (QED) is 0.922. The first-order chi connectivity index (χ1) is 9.15. The molecule has 19 heavy (non-hydrogen) atoms. The Kier molecular flexibility index (Phi) is 3.92. The first-order valence-corrected chi connectivity index (χ1v) is 8.38. The Labute approximate surface area is 120 Å². The number of aromatic nitrogens is 1. The SMILES string of the molecule is Cc1nc(C)c(C(C)N2CCCNC(C3CC3)C2)s1. The summed E-state index contributed by atoms with van der Waals surface area (Å²) in [5.74, 6) is 0.942. The van der Waals surface area contributed by atoms with Crippen LogP contribution in [-0.4, -0.2) is 35.6 Å². The van der Waals surface area contributed by atoms with E-state index < -0.39 is 0 Å². The molecule has 3 rings (SSSR count). The van der Waals surface area contributed by atoms with Crippen LogP contribution in [0.25, 0.3) is 0 Å². The minimum Gasteiger partial charge on any atom is -0.312 e. The predicted molar refractivity (Wildman–Crippen MR) is 80.7 cm³/mol. The van der Waals surface area contributed by atoms with E-state index in [-0.39, 0.29) is 0 Å². The Morgan fingerprint density at radius 3 is 2.79 bits per heavy atom. The summed E-state index contributed by atoms with van der Waals surface area (Å²) in [6, 6.07) is 1.24. The minimum atomic E-state index is 0.521. The molecule has 3 nitrogen and oxygen atoms in total. The number of rotatable bonds is 3. The van der Waals surface area contributed by atoms with Crippen LogP contribution in [0.15, 0.2) is 0 Å². The summed E-state index contributed by atoms with van der Waals surface area (Å²) in [5, 5.41) is 4.95. The Bertz CT molecular complexity index is 439. The molecule has 106 valence electrons. The lowest BCUT2D eigenvalue weighted by molar-refractivity contribution is 0.202. The van der Waals surface area contributed by atoms with Gasteiger partial charge in [0.15, 0.2) is 0 Å². The van der Waals surface area contributed by atoms with E-state index in [1.54, 1.807) is 0 Å². The lowest BCUT2D eigenvalue weighted by Gasteiger charge is -2.30. The fraction of sp³-hybridized carbons (Fsp3) is 0.800. The Morgan fingerprint density at radius 2 is 2.16 bits per heavy atom. The summed E-state index contributed by atoms with van der Waals surface area (Å²) < 4.78 is 0. The molecule has 0 aromatic carbocycles. The Balaban J connectivity index is 1.73. The van der Waals surface area contributed by atoms with Crippen molar-refractivity contribution in [3.8, 4) is 0 Å². The highest BCUT2D eigenvalue weighted by Gasteiger charge is 2.34. The molecule has 2 heterocycles. The van der Waals surface area contributed by atoms with Crippen molar-refractivity contribution in [3.63, 3.8) is 0 Å². The summed E-state index contributed by atoms with van der Waals surface area (Å²) in [6.07, 6.45) is 4.13. The second-order valence-electron chi connectivity index (χ2n) is 6.11. The van der Waals surface area contributed by atoms with E-state index in [2.05, 4.69) is 36.0 Å². The van der Waals surface area contributed by atoms with Gasteiger partial charge in [-0.3, -0.25) is 4.90 Å². The van der Waals surface area contributed by atoms with Crippen molar-refractivity contribution in [1.82, 2.24) is 15.2 Å². The van der Waals surface area contributed by atoms with Gasteiger partial charge in [0.2, 0.25) is 0 Å². The third kappa shape index (κ3) is 3.01. The maximum atomic E-state index is 4.59. The van der Waals surface area contributed by atoms with Gasteiger partial charge in [-0.2, -0.15) is 0 Å². The normalized spacial score (nSPS) is 27.2. The highest BCUT2D eigenvalue weighted by molar-refractivity contribution is 7.11. The van der Waals surface area contributed by atoms with Crippen molar-refractivity contribution in [2.75, 3.05) is 19.6 Å². The molecule has 0 spiro atoms. The van der Waals surface area contributed by atoms with Crippen LogP contribution in [0.2, 0.25) is 0 Å². The van der Waals surface area contributed by atoms with Gasteiger partial charge < -0.3 is 5.32 Å². The zero-order valence-electron chi connectivity index (χ0n) is 12.3. The van der Waals surface area contributed by atoms with Gasteiger partial charge in [0.1, 0.15) is 0 Å². The molecule has 0 radical (unpaired) electrons. The molecule has 1 saturated carbocycles. The molecule has 1 N–H and O–H groups in total. The molecule has 1 saturated heterocycles. The summed E-state index contributed by atoms with van der Waals surface area (Å²) in [6.45, 7) is 10.2. The molecular weight excluding hydrogens is 254 g/mol. The van der Waals surface area contributed by atoms with Gasteiger partial charge in [-0.1, -0.05) is 0 Å². The molecule has 0 bridgehead atoms. The number of nitrogens with zero attached hydrogens (tertiary/aromatic N) is 2. The van der Waals surface area contributed by atoms with Gasteiger partial charge in [-0.25, -0.2) is 4.98 Å². The van der Waals surface area contributed by atoms with Crippen LogP contribution in [0.4, 0.5) is 0 Å². The molecular formula is C15H25N3S. The van der Waals surface area contributed by atoms with Crippen molar-refractivity contribution >= 4 is 11.3 Å². The fourth-order valence-electron chi connectivity index (χ4n) is 3.24. The maximum absolute atomic E-state index is 4.59. The summed E-state index contributed by atoms with van der Waals surface area (Å²) in [7, 11) is 0. The summed E-state index contributed by atoms with van der Waals surface area (Å²) in [4.78, 5) is 8.73. The van der Waals surface area contributed by atoms with Gasteiger partial charge >= 0.3 is 0 Å². The van der Waals surface area contributed by atoms with Gasteiger partial charge in [-0.05, 0) is 52.5 Å². The molecule has 1 aliphatic carbocycles. The van der Waals surface area contributed by atoms with E-state index in [4.69, 9.17) is 0 Å². The average molecular weight is 279 g/mol. The number of hydrogen-bond acceptors (Lipinski definition) is 4. The van der Waals surface area contributed by atoms with Crippen molar-refractivity contribution < 1.29 is 0 Å². The second-order valence-corrected chi connectivity index (χ2v) is 7.34. The largest absolute Gasteiger partial charge is 0.312 e. The highest BCUT2D eigenvalue weighted by Crippen LogP contribution is 2.36. The molecule has 2 aliphatic rings. The zero-order chi connectivity index (χ0) is 13.4. The topological polar surface area (TPSA) is 28.2 Å². The van der Waals surface area contributed by atoms with Crippen LogP contribution in [0.1, 0.15) is 47.8 Å². The van der Waals surface area contributed by atoms with Crippen LogP contribution in [0.5, 0.6) is 0 Å². The Hall–Kier alpha value is -0.450. The smallest absolute Gasteiger partial charge is 0.0900 e. The van der Waals surface area contributed by atoms with Crippen molar-refractivity contribution in [3.05, 3.63) is 15.6 Å². The fourth-order valence-corrected chi connectivity index (χ4v) is 4.26.